The summed E-state index contributed by atoms with van der Waals surface area (Å²) in [6.07, 6.45) is 8.89. The molecular formula is C19H29N2O+. The molecule has 1 aliphatic carbocycles. The van der Waals surface area contributed by atoms with E-state index < -0.39 is 0 Å². The molecule has 2 aliphatic rings. The highest BCUT2D eigenvalue weighted by Crippen LogP contribution is 2.24. The fourth-order valence-electron chi connectivity index (χ4n) is 3.85. The molecule has 1 saturated heterocycles. The molecule has 1 atom stereocenters. The van der Waals surface area contributed by atoms with Crippen molar-refractivity contribution in [2.75, 3.05) is 19.6 Å². The Balaban J connectivity index is 1.56. The minimum absolute atomic E-state index is 0.115. The Morgan fingerprint density at radius 3 is 2.59 bits per heavy atom. The van der Waals surface area contributed by atoms with Gasteiger partial charge in [0, 0.05) is 0 Å². The van der Waals surface area contributed by atoms with E-state index >= 15 is 0 Å². The van der Waals surface area contributed by atoms with Crippen LogP contribution in [-0.4, -0.2) is 25.5 Å². The van der Waals surface area contributed by atoms with Crippen LogP contribution in [-0.2, 0) is 17.6 Å². The van der Waals surface area contributed by atoms with Crippen molar-refractivity contribution in [3.63, 3.8) is 0 Å². The van der Waals surface area contributed by atoms with E-state index in [0.717, 1.165) is 13.1 Å². The summed E-state index contributed by atoms with van der Waals surface area (Å²) in [7, 11) is 0. The third kappa shape index (κ3) is 3.89. The molecule has 3 nitrogen and oxygen atoms in total. The third-order valence-electron chi connectivity index (χ3n) is 5.22. The summed E-state index contributed by atoms with van der Waals surface area (Å²) in [5.74, 6) is 0.196. The molecule has 1 amide bonds. The van der Waals surface area contributed by atoms with E-state index in [1.54, 1.807) is 0 Å². The number of benzene rings is 1. The lowest BCUT2D eigenvalue weighted by Crippen LogP contribution is -3.13. The van der Waals surface area contributed by atoms with Gasteiger partial charge >= 0.3 is 0 Å². The molecule has 3 rings (SSSR count). The van der Waals surface area contributed by atoms with Crippen LogP contribution in [0.4, 0.5) is 0 Å². The molecule has 1 aromatic carbocycles. The Morgan fingerprint density at radius 1 is 1.09 bits per heavy atom. The van der Waals surface area contributed by atoms with E-state index in [4.69, 9.17) is 0 Å². The first-order chi connectivity index (χ1) is 10.7. The van der Waals surface area contributed by atoms with Crippen molar-refractivity contribution in [1.82, 2.24) is 5.32 Å². The number of carbonyl (C=O) groups is 1. The lowest BCUT2D eigenvalue weighted by atomic mass is 9.89. The van der Waals surface area contributed by atoms with Crippen LogP contribution >= 0.6 is 0 Å². The minimum atomic E-state index is 0.115. The summed E-state index contributed by atoms with van der Waals surface area (Å²) in [5, 5.41) is 3.19. The summed E-state index contributed by atoms with van der Waals surface area (Å²) in [4.78, 5) is 13.7. The molecule has 0 spiro atoms. The van der Waals surface area contributed by atoms with Gasteiger partial charge in [-0.15, -0.1) is 0 Å². The van der Waals surface area contributed by atoms with Gasteiger partial charge in [-0.1, -0.05) is 18.2 Å². The van der Waals surface area contributed by atoms with Gasteiger partial charge in [0.1, 0.15) is 0 Å². The minimum Gasteiger partial charge on any atom is -0.345 e. The molecule has 0 saturated carbocycles. The molecule has 0 aromatic heterocycles. The molecule has 1 heterocycles. The molecule has 1 aromatic rings. The van der Waals surface area contributed by atoms with Crippen molar-refractivity contribution in [1.29, 1.82) is 0 Å². The average molecular weight is 301 g/mol. The van der Waals surface area contributed by atoms with E-state index in [1.807, 2.05) is 0 Å². The van der Waals surface area contributed by atoms with E-state index in [-0.39, 0.29) is 11.9 Å². The quantitative estimate of drug-likeness (QED) is 0.874. The highest BCUT2D eigenvalue weighted by Gasteiger charge is 2.19. The number of fused-ring (bicyclic) bond motifs is 1. The van der Waals surface area contributed by atoms with Crippen LogP contribution < -0.4 is 10.2 Å². The number of amides is 1. The van der Waals surface area contributed by atoms with Gasteiger partial charge < -0.3 is 10.2 Å². The number of nitrogens with one attached hydrogen (secondary N) is 2. The van der Waals surface area contributed by atoms with Gasteiger partial charge in [0.15, 0.2) is 6.54 Å². The zero-order chi connectivity index (χ0) is 15.4. The molecule has 0 bridgehead atoms. The second-order valence-corrected chi connectivity index (χ2v) is 7.01. The maximum Gasteiger partial charge on any atom is 0.275 e. The normalized spacial score (nSPS) is 20.2. The average Bonchev–Trinajstić information content (AvgIpc) is 2.55. The van der Waals surface area contributed by atoms with E-state index in [1.165, 1.54) is 66.5 Å². The first-order valence-electron chi connectivity index (χ1n) is 8.97. The first kappa shape index (κ1) is 15.5. The summed E-state index contributed by atoms with van der Waals surface area (Å²) in [6, 6.07) is 6.89. The SMILES string of the molecule is C[C@H](NC(=O)C[NH+]1CCCCC1)c1ccc2c(c1)CCCC2. The number of likely N-dealkylation sites (tertiary alicyclic amines) is 1. The predicted octanol–water partition coefficient (Wildman–Crippen LogP) is 1.81. The first-order valence-corrected chi connectivity index (χ1v) is 8.97. The van der Waals surface area contributed by atoms with Crippen LogP contribution in [0.25, 0.3) is 0 Å². The molecule has 120 valence electrons. The molecule has 2 N–H and O–H groups in total. The zero-order valence-electron chi connectivity index (χ0n) is 13.8. The molecule has 1 aliphatic heterocycles. The number of carbonyl (C=O) groups excluding carboxylic acids is 1. The van der Waals surface area contributed by atoms with Crippen molar-refractivity contribution in [2.24, 2.45) is 0 Å². The van der Waals surface area contributed by atoms with Crippen molar-refractivity contribution in [3.05, 3.63) is 34.9 Å². The third-order valence-corrected chi connectivity index (χ3v) is 5.22. The second kappa shape index (κ2) is 7.28. The maximum absolute atomic E-state index is 12.3. The number of rotatable bonds is 4. The number of piperidine rings is 1. The topological polar surface area (TPSA) is 33.5 Å². The highest BCUT2D eigenvalue weighted by molar-refractivity contribution is 5.77. The van der Waals surface area contributed by atoms with Crippen molar-refractivity contribution in [2.45, 2.75) is 57.9 Å². The molecule has 1 fully saturated rings. The largest absolute Gasteiger partial charge is 0.345 e. The molecule has 0 unspecified atom stereocenters. The lowest BCUT2D eigenvalue weighted by Gasteiger charge is -2.24. The summed E-state index contributed by atoms with van der Waals surface area (Å²) < 4.78 is 0. The van der Waals surface area contributed by atoms with Gasteiger partial charge in [-0.3, -0.25) is 4.79 Å². The van der Waals surface area contributed by atoms with Gasteiger partial charge in [0.2, 0.25) is 0 Å². The monoisotopic (exact) mass is 301 g/mol. The summed E-state index contributed by atoms with van der Waals surface area (Å²) >= 11 is 0. The van der Waals surface area contributed by atoms with Gasteiger partial charge in [-0.25, -0.2) is 0 Å². The second-order valence-electron chi connectivity index (χ2n) is 7.01. The Hall–Kier alpha value is -1.35. The van der Waals surface area contributed by atoms with Crippen LogP contribution in [0.3, 0.4) is 0 Å². The van der Waals surface area contributed by atoms with Crippen molar-refractivity contribution >= 4 is 5.91 Å². The molecule has 22 heavy (non-hydrogen) atoms. The smallest absolute Gasteiger partial charge is 0.275 e. The lowest BCUT2D eigenvalue weighted by molar-refractivity contribution is -0.896. The number of aryl methyl sites for hydroxylation is 2. The van der Waals surface area contributed by atoms with Gasteiger partial charge in [-0.05, 0) is 68.6 Å². The number of hydrogen-bond acceptors (Lipinski definition) is 1. The van der Waals surface area contributed by atoms with Crippen molar-refractivity contribution < 1.29 is 9.69 Å². The van der Waals surface area contributed by atoms with E-state index in [2.05, 4.69) is 30.4 Å². The Kier molecular flexibility index (Phi) is 5.14. The van der Waals surface area contributed by atoms with E-state index in [0.29, 0.717) is 6.54 Å². The number of quaternary nitrogens is 1. The summed E-state index contributed by atoms with van der Waals surface area (Å²) in [5.41, 5.74) is 4.25. The van der Waals surface area contributed by atoms with Gasteiger partial charge in [-0.2, -0.15) is 0 Å². The summed E-state index contributed by atoms with van der Waals surface area (Å²) in [6.45, 7) is 5.05. The Labute approximate surface area is 134 Å². The standard InChI is InChI=1S/C19H28N2O/c1-15(20-19(22)14-21-11-5-2-6-12-21)17-10-9-16-7-3-4-8-18(16)13-17/h9-10,13,15H,2-8,11-12,14H2,1H3,(H,20,22)/p+1/t15-/m0/s1. The molecule has 0 radical (unpaired) electrons. The highest BCUT2D eigenvalue weighted by atomic mass is 16.2. The van der Waals surface area contributed by atoms with Crippen molar-refractivity contribution in [3.8, 4) is 0 Å². The van der Waals surface area contributed by atoms with Gasteiger partial charge in [0.05, 0.1) is 19.1 Å². The number of hydrogen-bond donors (Lipinski definition) is 2. The molecule has 3 heteroatoms. The van der Waals surface area contributed by atoms with Crippen LogP contribution in [0.2, 0.25) is 0 Å². The van der Waals surface area contributed by atoms with Crippen LogP contribution in [0.1, 0.15) is 61.8 Å². The fourth-order valence-corrected chi connectivity index (χ4v) is 3.85. The predicted molar refractivity (Wildman–Crippen MR) is 89.1 cm³/mol. The maximum atomic E-state index is 12.3. The van der Waals surface area contributed by atoms with Crippen LogP contribution in [0, 0.1) is 0 Å². The Morgan fingerprint density at radius 2 is 1.82 bits per heavy atom. The zero-order valence-corrected chi connectivity index (χ0v) is 13.8. The van der Waals surface area contributed by atoms with Crippen LogP contribution in [0.5, 0.6) is 0 Å². The van der Waals surface area contributed by atoms with E-state index in [9.17, 15) is 4.79 Å². The van der Waals surface area contributed by atoms with Gasteiger partial charge in [0.25, 0.3) is 5.91 Å². The molecular weight excluding hydrogens is 272 g/mol. The Bertz CT molecular complexity index is 520. The van der Waals surface area contributed by atoms with Crippen LogP contribution in [0.15, 0.2) is 18.2 Å². The fraction of sp³-hybridized carbons (Fsp3) is 0.632.